The van der Waals surface area contributed by atoms with Crippen LogP contribution in [-0.4, -0.2) is 40.8 Å². The Bertz CT molecular complexity index is 835. The molecule has 1 aliphatic heterocycles. The number of ketones is 1. The van der Waals surface area contributed by atoms with Crippen LogP contribution >= 0.6 is 0 Å². The van der Waals surface area contributed by atoms with E-state index in [9.17, 15) is 23.9 Å². The largest absolute Gasteiger partial charge is 0.481 e. The molecule has 27 heavy (non-hydrogen) atoms. The molecule has 0 aromatic heterocycles. The summed E-state index contributed by atoms with van der Waals surface area (Å²) >= 11 is 0. The van der Waals surface area contributed by atoms with Gasteiger partial charge in [0.2, 0.25) is 5.91 Å². The average Bonchev–Trinajstić information content (AvgIpc) is 3.13. The fourth-order valence-corrected chi connectivity index (χ4v) is 3.45. The fourth-order valence-electron chi connectivity index (χ4n) is 3.45. The Labute approximate surface area is 156 Å². The van der Waals surface area contributed by atoms with Gasteiger partial charge in [-0.05, 0) is 29.8 Å². The van der Waals surface area contributed by atoms with Gasteiger partial charge in [-0.15, -0.1) is 0 Å². The van der Waals surface area contributed by atoms with E-state index < -0.39 is 17.7 Å². The number of hydrogen-bond donors (Lipinski definition) is 1. The topological polar surface area (TPSA) is 74.7 Å². The van der Waals surface area contributed by atoms with Gasteiger partial charge in [0.25, 0.3) is 0 Å². The van der Waals surface area contributed by atoms with Gasteiger partial charge in [-0.2, -0.15) is 0 Å². The van der Waals surface area contributed by atoms with Gasteiger partial charge in [0.05, 0.1) is 5.92 Å². The molecule has 0 saturated carbocycles. The van der Waals surface area contributed by atoms with Crippen LogP contribution in [-0.2, 0) is 9.59 Å². The van der Waals surface area contributed by atoms with E-state index in [-0.39, 0.29) is 37.0 Å². The molecular formula is C21H20FNO4. The molecule has 1 aliphatic rings. The molecule has 2 aromatic rings. The van der Waals surface area contributed by atoms with E-state index in [4.69, 9.17) is 0 Å². The minimum absolute atomic E-state index is 0.00403. The molecule has 1 amide bonds. The Kier molecular flexibility index (Phi) is 5.64. The number of amides is 1. The number of Topliss-reactive ketones (excluding diaryl/α,β-unsaturated/α-hetero) is 1. The van der Waals surface area contributed by atoms with Crippen LogP contribution in [0.4, 0.5) is 4.39 Å². The SMILES string of the molecule is O=C(CCC(=O)N1C[C@@H](C(=O)O)[C@H](c2ccccc2)C1)c1ccc(F)cc1. The molecule has 2 aromatic carbocycles. The van der Waals surface area contributed by atoms with Crippen molar-refractivity contribution in [3.8, 4) is 0 Å². The molecule has 0 unspecified atom stereocenters. The Morgan fingerprint density at radius 2 is 1.63 bits per heavy atom. The maximum atomic E-state index is 12.9. The second-order valence-corrected chi connectivity index (χ2v) is 6.69. The number of likely N-dealkylation sites (tertiary alicyclic amines) is 1. The summed E-state index contributed by atoms with van der Waals surface area (Å²) in [7, 11) is 0. The Morgan fingerprint density at radius 3 is 2.26 bits per heavy atom. The van der Waals surface area contributed by atoms with Gasteiger partial charge in [0.15, 0.2) is 5.78 Å². The summed E-state index contributed by atoms with van der Waals surface area (Å²) < 4.78 is 12.9. The summed E-state index contributed by atoms with van der Waals surface area (Å²) in [5, 5.41) is 9.51. The molecule has 1 heterocycles. The first-order valence-electron chi connectivity index (χ1n) is 8.80. The zero-order chi connectivity index (χ0) is 19.4. The molecule has 1 saturated heterocycles. The third-order valence-electron chi connectivity index (χ3n) is 4.95. The molecule has 0 aliphatic carbocycles. The van der Waals surface area contributed by atoms with E-state index in [2.05, 4.69) is 0 Å². The van der Waals surface area contributed by atoms with Crippen molar-refractivity contribution < 1.29 is 23.9 Å². The standard InChI is InChI=1S/C21H20FNO4/c22-16-8-6-15(7-9-16)19(24)10-11-20(25)23-12-17(18(13-23)21(26)27)14-4-2-1-3-5-14/h1-9,17-18H,10-13H2,(H,26,27)/t17-,18+/m0/s1. The van der Waals surface area contributed by atoms with Crippen LogP contribution in [0.5, 0.6) is 0 Å². The van der Waals surface area contributed by atoms with Crippen molar-refractivity contribution in [2.45, 2.75) is 18.8 Å². The zero-order valence-electron chi connectivity index (χ0n) is 14.7. The number of halogens is 1. The third kappa shape index (κ3) is 4.39. The summed E-state index contributed by atoms with van der Waals surface area (Å²) in [6.45, 7) is 0.461. The van der Waals surface area contributed by atoms with Gasteiger partial charge in [-0.3, -0.25) is 14.4 Å². The maximum absolute atomic E-state index is 12.9. The van der Waals surface area contributed by atoms with Crippen molar-refractivity contribution in [1.82, 2.24) is 4.90 Å². The maximum Gasteiger partial charge on any atom is 0.308 e. The Hall–Kier alpha value is -3.02. The smallest absolute Gasteiger partial charge is 0.308 e. The van der Waals surface area contributed by atoms with Gasteiger partial charge in [-0.25, -0.2) is 4.39 Å². The van der Waals surface area contributed by atoms with E-state index in [0.717, 1.165) is 5.56 Å². The molecule has 1 fully saturated rings. The summed E-state index contributed by atoms with van der Waals surface area (Å²) in [4.78, 5) is 37.8. The molecule has 0 bridgehead atoms. The van der Waals surface area contributed by atoms with Crippen molar-refractivity contribution in [2.24, 2.45) is 5.92 Å². The second kappa shape index (κ2) is 8.12. The molecule has 3 rings (SSSR count). The molecule has 5 nitrogen and oxygen atoms in total. The van der Waals surface area contributed by atoms with Gasteiger partial charge in [0.1, 0.15) is 5.82 Å². The van der Waals surface area contributed by atoms with Crippen LogP contribution in [0.1, 0.15) is 34.7 Å². The van der Waals surface area contributed by atoms with Crippen molar-refractivity contribution >= 4 is 17.7 Å². The highest BCUT2D eigenvalue weighted by Gasteiger charge is 2.40. The summed E-state index contributed by atoms with van der Waals surface area (Å²) in [5.41, 5.74) is 1.25. The van der Waals surface area contributed by atoms with Gasteiger partial charge < -0.3 is 10.0 Å². The van der Waals surface area contributed by atoms with E-state index in [1.165, 1.54) is 29.2 Å². The first-order chi connectivity index (χ1) is 13.0. The highest BCUT2D eigenvalue weighted by Crippen LogP contribution is 2.33. The minimum Gasteiger partial charge on any atom is -0.481 e. The Balaban J connectivity index is 1.62. The zero-order valence-corrected chi connectivity index (χ0v) is 14.7. The molecule has 1 N–H and O–H groups in total. The normalized spacial score (nSPS) is 19.1. The van der Waals surface area contributed by atoms with Gasteiger partial charge in [-0.1, -0.05) is 30.3 Å². The first kappa shape index (κ1) is 18.8. The van der Waals surface area contributed by atoms with Crippen molar-refractivity contribution in [3.05, 3.63) is 71.5 Å². The third-order valence-corrected chi connectivity index (χ3v) is 4.95. The van der Waals surface area contributed by atoms with Crippen molar-refractivity contribution in [2.75, 3.05) is 13.1 Å². The number of rotatable bonds is 6. The number of aliphatic carboxylic acids is 1. The lowest BCUT2D eigenvalue weighted by molar-refractivity contribution is -0.141. The lowest BCUT2D eigenvalue weighted by Crippen LogP contribution is -2.30. The van der Waals surface area contributed by atoms with Crippen LogP contribution in [0.25, 0.3) is 0 Å². The summed E-state index contributed by atoms with van der Waals surface area (Å²) in [6.07, 6.45) is 0.0127. The molecular weight excluding hydrogens is 349 g/mol. The van der Waals surface area contributed by atoms with Crippen molar-refractivity contribution in [3.63, 3.8) is 0 Å². The monoisotopic (exact) mass is 369 g/mol. The van der Waals surface area contributed by atoms with Crippen LogP contribution < -0.4 is 0 Å². The van der Waals surface area contributed by atoms with Crippen molar-refractivity contribution in [1.29, 1.82) is 0 Å². The number of carboxylic acid groups (broad SMARTS) is 1. The molecule has 0 radical (unpaired) electrons. The second-order valence-electron chi connectivity index (χ2n) is 6.69. The van der Waals surface area contributed by atoms with Crippen LogP contribution in [0.3, 0.4) is 0 Å². The molecule has 6 heteroatoms. The van der Waals surface area contributed by atoms with Gasteiger partial charge >= 0.3 is 5.97 Å². The highest BCUT2D eigenvalue weighted by atomic mass is 19.1. The highest BCUT2D eigenvalue weighted by molar-refractivity contribution is 5.98. The average molecular weight is 369 g/mol. The summed E-state index contributed by atoms with van der Waals surface area (Å²) in [5.74, 6) is -2.76. The van der Waals surface area contributed by atoms with E-state index in [1.54, 1.807) is 0 Å². The molecule has 2 atom stereocenters. The van der Waals surface area contributed by atoms with E-state index in [1.807, 2.05) is 30.3 Å². The summed E-state index contributed by atoms with van der Waals surface area (Å²) in [6, 6.07) is 14.5. The number of carboxylic acids is 1. The fraction of sp³-hybridized carbons (Fsp3) is 0.286. The van der Waals surface area contributed by atoms with Gasteiger partial charge in [0, 0.05) is 37.4 Å². The van der Waals surface area contributed by atoms with E-state index in [0.29, 0.717) is 12.1 Å². The minimum atomic E-state index is -0.929. The number of nitrogens with zero attached hydrogens (tertiary/aromatic N) is 1. The molecule has 140 valence electrons. The van der Waals surface area contributed by atoms with Crippen LogP contribution in [0.15, 0.2) is 54.6 Å². The number of hydrogen-bond acceptors (Lipinski definition) is 3. The first-order valence-corrected chi connectivity index (χ1v) is 8.80. The van der Waals surface area contributed by atoms with Crippen LogP contribution in [0, 0.1) is 11.7 Å². The molecule has 0 spiro atoms. The lowest BCUT2D eigenvalue weighted by atomic mass is 9.89. The Morgan fingerprint density at radius 1 is 0.963 bits per heavy atom. The number of benzene rings is 2. The number of carbonyl (C=O) groups is 3. The lowest BCUT2D eigenvalue weighted by Gasteiger charge is -2.16. The predicted molar refractivity (Wildman–Crippen MR) is 96.9 cm³/mol. The van der Waals surface area contributed by atoms with E-state index >= 15 is 0 Å². The van der Waals surface area contributed by atoms with Crippen LogP contribution in [0.2, 0.25) is 0 Å². The predicted octanol–water partition coefficient (Wildman–Crippen LogP) is 3.12. The number of carbonyl (C=O) groups excluding carboxylic acids is 2. The quantitative estimate of drug-likeness (QED) is 0.794.